The van der Waals surface area contributed by atoms with Crippen LogP contribution in [-0.2, 0) is 14.3 Å². The Balaban J connectivity index is 2.24. The van der Waals surface area contributed by atoms with Gasteiger partial charge in [0.25, 0.3) is 0 Å². The Morgan fingerprint density at radius 1 is 1.18 bits per heavy atom. The molecule has 4 atom stereocenters. The van der Waals surface area contributed by atoms with E-state index >= 15 is 0 Å². The van der Waals surface area contributed by atoms with Gasteiger partial charge in [0.1, 0.15) is 6.04 Å². The number of benzene rings is 2. The van der Waals surface area contributed by atoms with Gasteiger partial charge in [-0.15, -0.1) is 6.58 Å². The highest BCUT2D eigenvalue weighted by Gasteiger charge is 2.52. The van der Waals surface area contributed by atoms with Crippen molar-refractivity contribution in [3.05, 3.63) is 82.4 Å². The number of halogens is 2. The lowest BCUT2D eigenvalue weighted by molar-refractivity contribution is -0.166. The molecule has 0 aliphatic carbocycles. The van der Waals surface area contributed by atoms with E-state index in [2.05, 4.69) is 6.58 Å². The first kappa shape index (κ1) is 25.3. The van der Waals surface area contributed by atoms with Crippen LogP contribution in [0.4, 0.5) is 0 Å². The molecule has 0 radical (unpaired) electrons. The van der Waals surface area contributed by atoms with Crippen molar-refractivity contribution in [3.63, 3.8) is 0 Å². The second kappa shape index (κ2) is 10.8. The fourth-order valence-corrected chi connectivity index (χ4v) is 5.27. The smallest absolute Gasteiger partial charge is 0.328 e. The van der Waals surface area contributed by atoms with Crippen LogP contribution in [0.25, 0.3) is 0 Å². The van der Waals surface area contributed by atoms with Crippen molar-refractivity contribution in [1.29, 1.82) is 0 Å². The van der Waals surface area contributed by atoms with E-state index in [0.29, 0.717) is 29.3 Å². The Bertz CT molecular complexity index is 1010. The summed E-state index contributed by atoms with van der Waals surface area (Å²) in [6, 6.07) is 14.2. The second-order valence-corrected chi connectivity index (χ2v) is 9.68. The first-order valence-corrected chi connectivity index (χ1v) is 12.1. The fraction of sp³-hybridized carbons (Fsp3) is 0.407. The number of esters is 1. The maximum absolute atomic E-state index is 14.1. The molecule has 2 aromatic carbocycles. The van der Waals surface area contributed by atoms with Crippen molar-refractivity contribution in [2.75, 3.05) is 6.61 Å². The summed E-state index contributed by atoms with van der Waals surface area (Å²) in [4.78, 5) is 28.8. The van der Waals surface area contributed by atoms with Gasteiger partial charge in [0.15, 0.2) is 0 Å². The molecule has 4 nitrogen and oxygen atoms in total. The van der Waals surface area contributed by atoms with E-state index in [1.54, 1.807) is 17.9 Å². The Kier molecular flexibility index (Phi) is 8.25. The minimum Gasteiger partial charge on any atom is -0.464 e. The molecule has 1 saturated heterocycles. The number of hydrogen-bond donors (Lipinski definition) is 0. The lowest BCUT2D eigenvalue weighted by Crippen LogP contribution is -2.57. The topological polar surface area (TPSA) is 46.6 Å². The Hall–Kier alpha value is -2.30. The van der Waals surface area contributed by atoms with Crippen LogP contribution in [-0.4, -0.2) is 29.4 Å². The predicted octanol–water partition coefficient (Wildman–Crippen LogP) is 6.97. The maximum atomic E-state index is 14.1. The van der Waals surface area contributed by atoms with Crippen LogP contribution < -0.4 is 0 Å². The highest BCUT2D eigenvalue weighted by atomic mass is 35.5. The monoisotopic (exact) mass is 487 g/mol. The third-order valence-corrected chi connectivity index (χ3v) is 6.95. The average Bonchev–Trinajstić information content (AvgIpc) is 2.78. The van der Waals surface area contributed by atoms with Gasteiger partial charge in [0, 0.05) is 16.0 Å². The number of ether oxygens (including phenoxy) is 1. The normalized spacial score (nSPS) is 23.8. The van der Waals surface area contributed by atoms with Gasteiger partial charge in [-0.3, -0.25) is 4.79 Å². The van der Waals surface area contributed by atoms with Gasteiger partial charge in [-0.1, -0.05) is 67.4 Å². The maximum Gasteiger partial charge on any atom is 0.328 e. The van der Waals surface area contributed by atoms with Crippen molar-refractivity contribution >= 4 is 35.1 Å². The summed E-state index contributed by atoms with van der Waals surface area (Å²) >= 11 is 12.5. The van der Waals surface area contributed by atoms with Gasteiger partial charge in [-0.05, 0) is 61.6 Å². The third kappa shape index (κ3) is 5.28. The van der Waals surface area contributed by atoms with Crippen LogP contribution in [0.2, 0.25) is 10.0 Å². The van der Waals surface area contributed by atoms with Gasteiger partial charge in [-0.25, -0.2) is 4.79 Å². The molecule has 0 saturated carbocycles. The van der Waals surface area contributed by atoms with Gasteiger partial charge >= 0.3 is 5.97 Å². The summed E-state index contributed by atoms with van der Waals surface area (Å²) in [5.41, 5.74) is 1.23. The molecule has 6 heteroatoms. The molecule has 33 heavy (non-hydrogen) atoms. The highest BCUT2D eigenvalue weighted by Crippen LogP contribution is 2.52. The van der Waals surface area contributed by atoms with Crippen molar-refractivity contribution < 1.29 is 14.3 Å². The number of hydrogen-bond acceptors (Lipinski definition) is 3. The van der Waals surface area contributed by atoms with Crippen LogP contribution in [0.5, 0.6) is 0 Å². The van der Waals surface area contributed by atoms with E-state index in [9.17, 15) is 9.59 Å². The standard InChI is InChI=1S/C27H31Cl2NO3/c1-5-15-27(4)17-22(19-9-8-10-21(29)16-19)24(18-11-13-20(28)14-12-18)30(26(27)32)23(6-2)25(31)33-7-3/h5,8-14,16,22-24H,1,6-7,15,17H2,2-4H3/t22-,23+,24-,27?/m1/s1. The summed E-state index contributed by atoms with van der Waals surface area (Å²) in [5, 5.41) is 1.24. The van der Waals surface area contributed by atoms with Gasteiger partial charge in [0.2, 0.25) is 5.91 Å². The first-order valence-electron chi connectivity index (χ1n) is 11.4. The Labute approximate surface area is 206 Å². The van der Waals surface area contributed by atoms with Crippen LogP contribution in [0.3, 0.4) is 0 Å². The van der Waals surface area contributed by atoms with E-state index in [-0.39, 0.29) is 30.4 Å². The van der Waals surface area contributed by atoms with Crippen LogP contribution in [0.1, 0.15) is 63.1 Å². The van der Waals surface area contributed by atoms with Crippen molar-refractivity contribution in [2.24, 2.45) is 5.41 Å². The van der Waals surface area contributed by atoms with E-state index in [4.69, 9.17) is 27.9 Å². The van der Waals surface area contributed by atoms with Crippen LogP contribution in [0.15, 0.2) is 61.2 Å². The molecule has 2 aromatic rings. The molecule has 0 aromatic heterocycles. The number of nitrogens with zero attached hydrogens (tertiary/aromatic N) is 1. The number of rotatable bonds is 8. The third-order valence-electron chi connectivity index (χ3n) is 6.47. The lowest BCUT2D eigenvalue weighted by atomic mass is 9.67. The zero-order valence-electron chi connectivity index (χ0n) is 19.4. The van der Waals surface area contributed by atoms with Crippen molar-refractivity contribution in [3.8, 4) is 0 Å². The molecule has 1 heterocycles. The lowest BCUT2D eigenvalue weighted by Gasteiger charge is -2.51. The van der Waals surface area contributed by atoms with Gasteiger partial charge in [0.05, 0.1) is 18.1 Å². The molecular formula is C27H31Cl2NO3. The molecule has 0 N–H and O–H groups in total. The summed E-state index contributed by atoms with van der Waals surface area (Å²) < 4.78 is 5.39. The number of amides is 1. The van der Waals surface area contributed by atoms with E-state index in [1.807, 2.05) is 62.4 Å². The van der Waals surface area contributed by atoms with E-state index in [1.165, 1.54) is 0 Å². The van der Waals surface area contributed by atoms with Gasteiger partial charge in [-0.2, -0.15) is 0 Å². The highest BCUT2D eigenvalue weighted by molar-refractivity contribution is 6.30. The van der Waals surface area contributed by atoms with Crippen LogP contribution in [0, 0.1) is 5.41 Å². The largest absolute Gasteiger partial charge is 0.464 e. The number of piperidine rings is 1. The number of carbonyl (C=O) groups is 2. The molecule has 3 rings (SSSR count). The number of carbonyl (C=O) groups excluding carboxylic acids is 2. The summed E-state index contributed by atoms with van der Waals surface area (Å²) in [7, 11) is 0. The molecule has 1 aliphatic rings. The molecule has 1 fully saturated rings. The molecule has 1 aliphatic heterocycles. The predicted molar refractivity (Wildman–Crippen MR) is 133 cm³/mol. The SMILES string of the molecule is C=CCC1(C)C[C@H](c2cccc(Cl)c2)[C@@H](c2ccc(Cl)cc2)N([C@@H](CC)C(=O)OCC)C1=O. The molecule has 0 spiro atoms. The van der Waals surface area contributed by atoms with Crippen molar-refractivity contribution in [2.45, 2.75) is 58.0 Å². The zero-order valence-corrected chi connectivity index (χ0v) is 20.9. The summed E-state index contributed by atoms with van der Waals surface area (Å²) in [6.07, 6.45) is 3.33. The molecule has 1 unspecified atom stereocenters. The van der Waals surface area contributed by atoms with Crippen LogP contribution >= 0.6 is 23.2 Å². The number of allylic oxidation sites excluding steroid dienone is 1. The van der Waals surface area contributed by atoms with Gasteiger partial charge < -0.3 is 9.64 Å². The quantitative estimate of drug-likeness (QED) is 0.298. The zero-order chi connectivity index (χ0) is 24.2. The van der Waals surface area contributed by atoms with E-state index in [0.717, 1.165) is 11.1 Å². The summed E-state index contributed by atoms with van der Waals surface area (Å²) in [6.45, 7) is 9.78. The van der Waals surface area contributed by atoms with Crippen molar-refractivity contribution in [1.82, 2.24) is 4.90 Å². The molecular weight excluding hydrogens is 457 g/mol. The number of likely N-dealkylation sites (tertiary alicyclic amines) is 1. The van der Waals surface area contributed by atoms with E-state index < -0.39 is 11.5 Å². The second-order valence-electron chi connectivity index (χ2n) is 8.80. The Morgan fingerprint density at radius 3 is 2.45 bits per heavy atom. The average molecular weight is 488 g/mol. The molecule has 176 valence electrons. The minimum atomic E-state index is -0.711. The first-order chi connectivity index (χ1) is 15.8. The molecule has 0 bridgehead atoms. The molecule has 1 amide bonds. The minimum absolute atomic E-state index is 0.0690. The fourth-order valence-electron chi connectivity index (χ4n) is 4.95. The summed E-state index contributed by atoms with van der Waals surface area (Å²) in [5.74, 6) is -0.545. The Morgan fingerprint density at radius 2 is 1.88 bits per heavy atom.